The molecule has 6 nitrogen and oxygen atoms in total. The molecule has 3 heterocycles. The zero-order valence-electron chi connectivity index (χ0n) is 19.3. The lowest BCUT2D eigenvalue weighted by molar-refractivity contribution is 0.0716. The number of hydrogen-bond donors (Lipinski definition) is 0. The summed E-state index contributed by atoms with van der Waals surface area (Å²) in [5.74, 6) is -1.07. The number of amides is 1. The van der Waals surface area contributed by atoms with Gasteiger partial charge in [-0.1, -0.05) is 42.5 Å². The molecule has 2 aromatic rings. The Balaban J connectivity index is 1.82. The molecular weight excluding hydrogens is 489 g/mol. The number of piperidine rings is 1. The summed E-state index contributed by atoms with van der Waals surface area (Å²) in [5.41, 5.74) is 2.38. The van der Waals surface area contributed by atoms with E-state index in [9.17, 15) is 17.6 Å². The van der Waals surface area contributed by atoms with Crippen LogP contribution in [0.3, 0.4) is 0 Å². The molecule has 2 aliphatic heterocycles. The lowest BCUT2D eigenvalue weighted by Crippen LogP contribution is -2.36. The van der Waals surface area contributed by atoms with Gasteiger partial charge >= 0.3 is 0 Å². The Labute approximate surface area is 210 Å². The highest BCUT2D eigenvalue weighted by Crippen LogP contribution is 2.34. The van der Waals surface area contributed by atoms with E-state index in [1.165, 1.54) is 12.1 Å². The van der Waals surface area contributed by atoms with E-state index in [4.69, 9.17) is 11.6 Å². The van der Waals surface area contributed by atoms with Crippen LogP contribution in [0.2, 0.25) is 0 Å². The lowest BCUT2D eigenvalue weighted by Gasteiger charge is -2.26. The van der Waals surface area contributed by atoms with E-state index in [0.717, 1.165) is 19.3 Å². The van der Waals surface area contributed by atoms with Gasteiger partial charge in [-0.2, -0.15) is 5.10 Å². The number of rotatable bonds is 6. The van der Waals surface area contributed by atoms with Crippen LogP contribution in [0.1, 0.15) is 46.6 Å². The maximum Gasteiger partial charge on any atom is 0.274 e. The molecule has 0 bridgehead atoms. The second-order valence-electron chi connectivity index (χ2n) is 8.65. The van der Waals surface area contributed by atoms with Crippen LogP contribution in [0.4, 0.5) is 4.39 Å². The first kappa shape index (κ1) is 25.1. The second-order valence-corrected chi connectivity index (χ2v) is 11.2. The van der Waals surface area contributed by atoms with Gasteiger partial charge in [0.2, 0.25) is 0 Å². The molecule has 2 aliphatic rings. The van der Waals surface area contributed by atoms with Crippen molar-refractivity contribution in [3.05, 3.63) is 88.5 Å². The molecular formula is C26H27ClFN3O3S. The Morgan fingerprint density at radius 1 is 1.14 bits per heavy atom. The van der Waals surface area contributed by atoms with Crippen molar-refractivity contribution in [1.82, 2.24) is 14.7 Å². The summed E-state index contributed by atoms with van der Waals surface area (Å²) in [6, 6.07) is 5.82. The number of hydrogen-bond acceptors (Lipinski definition) is 4. The van der Waals surface area contributed by atoms with E-state index in [1.807, 2.05) is 0 Å². The number of aromatic nitrogens is 2. The van der Waals surface area contributed by atoms with Crippen LogP contribution < -0.4 is 0 Å². The van der Waals surface area contributed by atoms with Gasteiger partial charge in [0.1, 0.15) is 5.82 Å². The lowest BCUT2D eigenvalue weighted by atomic mass is 10.0. The fraction of sp³-hybridized carbons (Fsp3) is 0.308. The van der Waals surface area contributed by atoms with Gasteiger partial charge in [0.25, 0.3) is 5.91 Å². The average Bonchev–Trinajstić information content (AvgIpc) is 3.18. The molecule has 1 fully saturated rings. The van der Waals surface area contributed by atoms with Crippen LogP contribution in [-0.2, 0) is 22.1 Å². The van der Waals surface area contributed by atoms with Crippen molar-refractivity contribution >= 4 is 39.0 Å². The van der Waals surface area contributed by atoms with Crippen LogP contribution in [0.15, 0.2) is 60.2 Å². The SMILES string of the molecule is C=C/C=C(Cl)\C=C/Cn1nc(C(=O)N2CCCCC2)c2c1/C(=C/c1ccc(F)cc1)CS(=O)(=O)C2. The molecule has 0 radical (unpaired) electrons. The van der Waals surface area contributed by atoms with Crippen molar-refractivity contribution in [3.63, 3.8) is 0 Å². The number of carbonyl (C=O) groups excluding carboxylic acids is 1. The molecule has 1 amide bonds. The Morgan fingerprint density at radius 3 is 2.54 bits per heavy atom. The smallest absolute Gasteiger partial charge is 0.274 e. The summed E-state index contributed by atoms with van der Waals surface area (Å²) in [7, 11) is -3.51. The minimum absolute atomic E-state index is 0.177. The first-order valence-electron chi connectivity index (χ1n) is 11.5. The van der Waals surface area contributed by atoms with E-state index < -0.39 is 9.84 Å². The number of fused-ring (bicyclic) bond motifs is 1. The second kappa shape index (κ2) is 10.7. The highest BCUT2D eigenvalue weighted by atomic mass is 35.5. The Morgan fingerprint density at radius 2 is 1.86 bits per heavy atom. The third-order valence-corrected chi connectivity index (χ3v) is 7.71. The zero-order valence-corrected chi connectivity index (χ0v) is 20.9. The van der Waals surface area contributed by atoms with Gasteiger partial charge in [0.15, 0.2) is 15.5 Å². The van der Waals surface area contributed by atoms with Crippen LogP contribution in [0, 0.1) is 5.82 Å². The number of benzene rings is 1. The average molecular weight is 516 g/mol. The third kappa shape index (κ3) is 6.00. The number of sulfone groups is 1. The van der Waals surface area contributed by atoms with Crippen LogP contribution in [0.25, 0.3) is 11.6 Å². The van der Waals surface area contributed by atoms with Crippen molar-refractivity contribution in [1.29, 1.82) is 0 Å². The number of carbonyl (C=O) groups is 1. The molecule has 9 heteroatoms. The molecule has 184 valence electrons. The van der Waals surface area contributed by atoms with Crippen molar-refractivity contribution in [2.45, 2.75) is 31.6 Å². The molecule has 35 heavy (non-hydrogen) atoms. The van der Waals surface area contributed by atoms with Crippen molar-refractivity contribution < 1.29 is 17.6 Å². The van der Waals surface area contributed by atoms with Crippen LogP contribution >= 0.6 is 11.6 Å². The fourth-order valence-corrected chi connectivity index (χ4v) is 6.11. The maximum absolute atomic E-state index is 13.4. The molecule has 0 aliphatic carbocycles. The summed E-state index contributed by atoms with van der Waals surface area (Å²) in [6.07, 6.45) is 11.3. The van der Waals surface area contributed by atoms with Gasteiger partial charge in [-0.3, -0.25) is 9.48 Å². The molecule has 1 aromatic heterocycles. The number of likely N-dealkylation sites (tertiary alicyclic amines) is 1. The number of allylic oxidation sites excluding steroid dienone is 5. The Hall–Kier alpha value is -2.97. The number of nitrogens with zero attached hydrogens (tertiary/aromatic N) is 3. The Kier molecular flexibility index (Phi) is 7.72. The highest BCUT2D eigenvalue weighted by Gasteiger charge is 2.35. The van der Waals surface area contributed by atoms with Crippen LogP contribution in [-0.4, -0.2) is 47.8 Å². The van der Waals surface area contributed by atoms with Crippen molar-refractivity contribution in [2.24, 2.45) is 0 Å². The first-order chi connectivity index (χ1) is 16.8. The fourth-order valence-electron chi connectivity index (χ4n) is 4.43. The van der Waals surface area contributed by atoms with Gasteiger partial charge < -0.3 is 4.90 Å². The summed E-state index contributed by atoms with van der Waals surface area (Å²) in [6.45, 7) is 5.17. The van der Waals surface area contributed by atoms with E-state index in [2.05, 4.69) is 11.7 Å². The van der Waals surface area contributed by atoms with Gasteiger partial charge in [-0.05, 0) is 60.8 Å². The summed E-state index contributed by atoms with van der Waals surface area (Å²) in [5, 5.41) is 5.09. The van der Waals surface area contributed by atoms with E-state index >= 15 is 0 Å². The topological polar surface area (TPSA) is 72.3 Å². The molecule has 4 rings (SSSR count). The normalized spacial score (nSPS) is 19.2. The molecule has 0 spiro atoms. The minimum Gasteiger partial charge on any atom is -0.337 e. The molecule has 1 saturated heterocycles. The molecule has 0 unspecified atom stereocenters. The molecule has 0 saturated carbocycles. The Bertz CT molecular complexity index is 1320. The first-order valence-corrected chi connectivity index (χ1v) is 13.7. The monoisotopic (exact) mass is 515 g/mol. The van der Waals surface area contributed by atoms with Crippen molar-refractivity contribution in [3.8, 4) is 0 Å². The number of halogens is 2. The van der Waals surface area contributed by atoms with Crippen molar-refractivity contribution in [2.75, 3.05) is 18.8 Å². The van der Waals surface area contributed by atoms with E-state index in [1.54, 1.807) is 52.1 Å². The minimum atomic E-state index is -3.51. The zero-order chi connectivity index (χ0) is 25.0. The summed E-state index contributed by atoms with van der Waals surface area (Å²) < 4.78 is 40.9. The van der Waals surface area contributed by atoms with E-state index in [-0.39, 0.29) is 35.5 Å². The quantitative estimate of drug-likeness (QED) is 0.508. The molecule has 0 N–H and O–H groups in total. The van der Waals surface area contributed by atoms with Gasteiger partial charge in [0, 0.05) is 23.7 Å². The predicted octanol–water partition coefficient (Wildman–Crippen LogP) is 4.98. The largest absolute Gasteiger partial charge is 0.337 e. The van der Waals surface area contributed by atoms with Gasteiger partial charge in [-0.15, -0.1) is 0 Å². The summed E-state index contributed by atoms with van der Waals surface area (Å²) >= 11 is 6.13. The van der Waals surface area contributed by atoms with Crippen LogP contribution in [0.5, 0.6) is 0 Å². The summed E-state index contributed by atoms with van der Waals surface area (Å²) in [4.78, 5) is 15.2. The predicted molar refractivity (Wildman–Crippen MR) is 137 cm³/mol. The maximum atomic E-state index is 13.4. The molecule has 0 atom stereocenters. The molecule has 1 aromatic carbocycles. The van der Waals surface area contributed by atoms with Gasteiger partial charge in [0.05, 0.1) is 23.7 Å². The van der Waals surface area contributed by atoms with E-state index in [0.29, 0.717) is 40.5 Å². The standard InChI is InChI=1S/C26H27ClFN3O3S/c1-2-7-21(27)8-6-15-31-25-20(16-19-9-11-22(28)12-10-19)17-35(33,34)18-23(25)24(29-31)26(32)30-13-4-3-5-14-30/h2,6-12,16H,1,3-5,13-15,17-18H2/b8-6-,20-16+,21-7+. The van der Waals surface area contributed by atoms with Gasteiger partial charge in [-0.25, -0.2) is 12.8 Å². The highest BCUT2D eigenvalue weighted by molar-refractivity contribution is 7.91. The third-order valence-electron chi connectivity index (χ3n) is 5.98.